The molecule has 0 aromatic rings. The predicted molar refractivity (Wildman–Crippen MR) is 33.5 cm³/mol. The Morgan fingerprint density at radius 3 is 2.57 bits per heavy atom. The second-order valence-corrected chi connectivity index (χ2v) is 4.42. The minimum atomic E-state index is -0.463. The fraction of sp³-hybridized carbons (Fsp3) is 0. The molecule has 0 saturated carbocycles. The summed E-state index contributed by atoms with van der Waals surface area (Å²) in [5, 5.41) is 1.61. The van der Waals surface area contributed by atoms with Gasteiger partial charge < -0.3 is 0 Å². The van der Waals surface area contributed by atoms with Gasteiger partial charge in [-0.05, 0) is 0 Å². The van der Waals surface area contributed by atoms with Gasteiger partial charge in [0, 0.05) is 0 Å². The minimum Gasteiger partial charge on any atom is -0.0894 e. The lowest BCUT2D eigenvalue weighted by atomic mass is 10.5. The van der Waals surface area contributed by atoms with Gasteiger partial charge in [0.2, 0.25) is 0 Å². The molecule has 0 aromatic carbocycles. The van der Waals surface area contributed by atoms with Crippen LogP contribution in [0.4, 0.5) is 0 Å². The highest BCUT2D eigenvalue weighted by molar-refractivity contribution is 6.81. The van der Waals surface area contributed by atoms with Crippen molar-refractivity contribution in [3.05, 3.63) is 34.8 Å². The molecule has 1 unspecified atom stereocenters. The molecule has 0 bridgehead atoms. The molecule has 0 fully saturated rings. The molecule has 0 N–H and O–H groups in total. The van der Waals surface area contributed by atoms with Crippen LogP contribution in [-0.4, -0.2) is 8.80 Å². The molecule has 2 aliphatic rings. The van der Waals surface area contributed by atoms with E-state index in [9.17, 15) is 0 Å². The molecular formula is C6H6Si. The number of hydrogen-bond donors (Lipinski definition) is 0. The highest BCUT2D eigenvalue weighted by Crippen LogP contribution is 2.20. The largest absolute Gasteiger partial charge is 0.117 e. The maximum absolute atomic E-state index is 2.34. The van der Waals surface area contributed by atoms with E-state index in [0.29, 0.717) is 0 Å². The van der Waals surface area contributed by atoms with Gasteiger partial charge in [-0.25, -0.2) is 0 Å². The summed E-state index contributed by atoms with van der Waals surface area (Å²) in [6.45, 7) is 0. The second-order valence-electron chi connectivity index (χ2n) is 1.94. The lowest BCUT2D eigenvalue weighted by molar-refractivity contribution is 1.81. The molecule has 2 aliphatic heterocycles. The van der Waals surface area contributed by atoms with E-state index in [-0.39, 0.29) is 0 Å². The summed E-state index contributed by atoms with van der Waals surface area (Å²) in [4.78, 5) is 0. The van der Waals surface area contributed by atoms with Crippen molar-refractivity contribution in [3.8, 4) is 0 Å². The van der Waals surface area contributed by atoms with Gasteiger partial charge in [-0.2, -0.15) is 0 Å². The smallest absolute Gasteiger partial charge is 0.0894 e. The van der Waals surface area contributed by atoms with E-state index in [1.165, 1.54) is 0 Å². The third kappa shape index (κ3) is 0.308. The molecule has 0 aromatic heterocycles. The van der Waals surface area contributed by atoms with Crippen molar-refractivity contribution in [3.63, 3.8) is 0 Å². The highest BCUT2D eigenvalue weighted by Gasteiger charge is 2.16. The van der Waals surface area contributed by atoms with E-state index < -0.39 is 8.80 Å². The van der Waals surface area contributed by atoms with Gasteiger partial charge in [-0.15, -0.1) is 0 Å². The zero-order valence-electron chi connectivity index (χ0n) is 3.96. The SMILES string of the molecule is C1=C[SiH]2C=CC2=C1. The Morgan fingerprint density at radius 1 is 1.29 bits per heavy atom. The molecule has 0 spiro atoms. The first-order chi connectivity index (χ1) is 3.47. The molecule has 0 aliphatic carbocycles. The molecule has 1 atom stereocenters. The van der Waals surface area contributed by atoms with Gasteiger partial charge in [0.1, 0.15) is 8.80 Å². The quantitative estimate of drug-likeness (QED) is 0.402. The third-order valence-corrected chi connectivity index (χ3v) is 3.89. The summed E-state index contributed by atoms with van der Waals surface area (Å²) in [5.41, 5.74) is 4.69. The summed E-state index contributed by atoms with van der Waals surface area (Å²) in [6.07, 6.45) is 6.61. The molecule has 0 nitrogen and oxygen atoms in total. The number of allylic oxidation sites excluding steroid dienone is 4. The Balaban J connectivity index is 2.51. The number of hydrogen-bond acceptors (Lipinski definition) is 0. The van der Waals surface area contributed by atoms with Gasteiger partial charge >= 0.3 is 0 Å². The van der Waals surface area contributed by atoms with Gasteiger partial charge in [0.25, 0.3) is 0 Å². The molecule has 34 valence electrons. The van der Waals surface area contributed by atoms with Crippen LogP contribution >= 0.6 is 0 Å². The van der Waals surface area contributed by atoms with Gasteiger partial charge in [0.15, 0.2) is 0 Å². The Kier molecular flexibility index (Phi) is 0.483. The van der Waals surface area contributed by atoms with Crippen molar-refractivity contribution in [2.24, 2.45) is 0 Å². The van der Waals surface area contributed by atoms with E-state index >= 15 is 0 Å². The molecule has 0 radical (unpaired) electrons. The average molecular weight is 106 g/mol. The monoisotopic (exact) mass is 106 g/mol. The normalized spacial score (nSPS) is 32.0. The molecule has 2 rings (SSSR count). The summed E-state index contributed by atoms with van der Waals surface area (Å²) >= 11 is 0. The van der Waals surface area contributed by atoms with Crippen LogP contribution in [-0.2, 0) is 0 Å². The highest BCUT2D eigenvalue weighted by atomic mass is 28.3. The fourth-order valence-corrected chi connectivity index (χ4v) is 2.62. The summed E-state index contributed by atoms with van der Waals surface area (Å²) in [5.74, 6) is 0. The van der Waals surface area contributed by atoms with Crippen LogP contribution in [0.5, 0.6) is 0 Å². The van der Waals surface area contributed by atoms with E-state index in [1.807, 2.05) is 0 Å². The molecule has 7 heavy (non-hydrogen) atoms. The van der Waals surface area contributed by atoms with Crippen LogP contribution < -0.4 is 0 Å². The van der Waals surface area contributed by atoms with Crippen molar-refractivity contribution in [1.82, 2.24) is 0 Å². The number of fused-ring (bicyclic) bond motifs is 1. The van der Waals surface area contributed by atoms with Crippen LogP contribution in [0.2, 0.25) is 0 Å². The number of rotatable bonds is 0. The Hall–Kier alpha value is -0.563. The Bertz CT molecular complexity index is 167. The van der Waals surface area contributed by atoms with Crippen LogP contribution in [0, 0.1) is 0 Å². The van der Waals surface area contributed by atoms with Crippen molar-refractivity contribution >= 4 is 8.80 Å². The summed E-state index contributed by atoms with van der Waals surface area (Å²) < 4.78 is 0. The zero-order chi connectivity index (χ0) is 4.69. The summed E-state index contributed by atoms with van der Waals surface area (Å²) in [6, 6.07) is 0. The maximum atomic E-state index is 2.34. The van der Waals surface area contributed by atoms with Crippen LogP contribution in [0.3, 0.4) is 0 Å². The van der Waals surface area contributed by atoms with Gasteiger partial charge in [-0.1, -0.05) is 34.8 Å². The van der Waals surface area contributed by atoms with E-state index in [0.717, 1.165) is 0 Å². The van der Waals surface area contributed by atoms with Crippen LogP contribution in [0.25, 0.3) is 0 Å². The first-order valence-electron chi connectivity index (χ1n) is 2.53. The lowest BCUT2D eigenvalue weighted by Gasteiger charge is -2.10. The van der Waals surface area contributed by atoms with E-state index in [1.54, 1.807) is 5.20 Å². The summed E-state index contributed by atoms with van der Waals surface area (Å²) in [7, 11) is -0.463. The molecule has 0 saturated heterocycles. The average Bonchev–Trinajstić information content (AvgIpc) is 1.85. The van der Waals surface area contributed by atoms with Crippen LogP contribution in [0.15, 0.2) is 34.8 Å². The second kappa shape index (κ2) is 0.983. The van der Waals surface area contributed by atoms with Gasteiger partial charge in [-0.3, -0.25) is 0 Å². The molecule has 2 heterocycles. The van der Waals surface area contributed by atoms with Crippen molar-refractivity contribution in [2.75, 3.05) is 0 Å². The Morgan fingerprint density at radius 2 is 2.29 bits per heavy atom. The lowest BCUT2D eigenvalue weighted by Crippen LogP contribution is -2.13. The van der Waals surface area contributed by atoms with E-state index in [4.69, 9.17) is 0 Å². The van der Waals surface area contributed by atoms with Crippen LogP contribution in [0.1, 0.15) is 0 Å². The predicted octanol–water partition coefficient (Wildman–Crippen LogP) is 0.897. The van der Waals surface area contributed by atoms with E-state index in [2.05, 4.69) is 29.6 Å². The zero-order valence-corrected chi connectivity index (χ0v) is 5.12. The molecular weight excluding hydrogens is 100 g/mol. The maximum Gasteiger partial charge on any atom is 0.117 e. The first-order valence-corrected chi connectivity index (χ1v) is 4.44. The van der Waals surface area contributed by atoms with Crippen molar-refractivity contribution < 1.29 is 0 Å². The standard InChI is InChI=1S/C6H6Si/c1-2-6-3-5-7(6)4-1/h1-5,7H. The Labute approximate surface area is 44.5 Å². The third-order valence-electron chi connectivity index (χ3n) is 1.49. The minimum absolute atomic E-state index is 0.463. The fourth-order valence-electron chi connectivity index (χ4n) is 0.947. The molecule has 1 heteroatoms. The topological polar surface area (TPSA) is 0 Å². The van der Waals surface area contributed by atoms with Crippen molar-refractivity contribution in [2.45, 2.75) is 0 Å². The first kappa shape index (κ1) is 3.44. The van der Waals surface area contributed by atoms with Gasteiger partial charge in [0.05, 0.1) is 0 Å². The molecule has 0 amide bonds. The van der Waals surface area contributed by atoms with Crippen molar-refractivity contribution in [1.29, 1.82) is 0 Å².